The number of amides is 1. The number of aromatic nitrogens is 3. The van der Waals surface area contributed by atoms with E-state index in [9.17, 15) is 4.79 Å². The van der Waals surface area contributed by atoms with Crippen molar-refractivity contribution in [2.45, 2.75) is 38.4 Å². The molecule has 0 atom stereocenters. The van der Waals surface area contributed by atoms with Crippen LogP contribution in [0.3, 0.4) is 0 Å². The van der Waals surface area contributed by atoms with Crippen LogP contribution in [0.4, 0.5) is 5.69 Å². The molecule has 7 heteroatoms. The third-order valence-electron chi connectivity index (χ3n) is 3.06. The van der Waals surface area contributed by atoms with Crippen LogP contribution >= 0.6 is 23.4 Å². The van der Waals surface area contributed by atoms with E-state index in [2.05, 4.69) is 29.4 Å². The van der Waals surface area contributed by atoms with E-state index in [-0.39, 0.29) is 11.7 Å². The lowest BCUT2D eigenvalue weighted by molar-refractivity contribution is -0.113. The highest BCUT2D eigenvalue weighted by molar-refractivity contribution is 7.99. The molecular formula is C15H19ClN4OS. The normalized spacial score (nSPS) is 11.0. The first-order chi connectivity index (χ1) is 10.5. The maximum Gasteiger partial charge on any atom is 0.234 e. The highest BCUT2D eigenvalue weighted by Gasteiger charge is 2.15. The molecule has 1 heterocycles. The Kier molecular flexibility index (Phi) is 5.85. The Bertz CT molecular complexity index is 657. The van der Waals surface area contributed by atoms with E-state index >= 15 is 0 Å². The summed E-state index contributed by atoms with van der Waals surface area (Å²) in [5.74, 6) is 1.40. The Morgan fingerprint density at radius 3 is 2.73 bits per heavy atom. The molecular weight excluding hydrogens is 320 g/mol. The van der Waals surface area contributed by atoms with Crippen molar-refractivity contribution in [3.8, 4) is 0 Å². The van der Waals surface area contributed by atoms with Gasteiger partial charge >= 0.3 is 0 Å². The van der Waals surface area contributed by atoms with Gasteiger partial charge in [-0.25, -0.2) is 0 Å². The monoisotopic (exact) mass is 338 g/mol. The van der Waals surface area contributed by atoms with Crippen molar-refractivity contribution in [2.24, 2.45) is 0 Å². The number of hydrogen-bond acceptors (Lipinski definition) is 4. The van der Waals surface area contributed by atoms with Gasteiger partial charge in [-0.2, -0.15) is 0 Å². The summed E-state index contributed by atoms with van der Waals surface area (Å²) >= 11 is 7.40. The summed E-state index contributed by atoms with van der Waals surface area (Å²) in [6, 6.07) is 7.17. The molecule has 0 bridgehead atoms. The van der Waals surface area contributed by atoms with Gasteiger partial charge in [0.1, 0.15) is 5.82 Å². The summed E-state index contributed by atoms with van der Waals surface area (Å²) in [6.45, 7) is 6.99. The summed E-state index contributed by atoms with van der Waals surface area (Å²) in [5.41, 5.74) is 0.620. The number of carbonyl (C=O) groups is 1. The van der Waals surface area contributed by atoms with E-state index < -0.39 is 0 Å². The van der Waals surface area contributed by atoms with Gasteiger partial charge in [0, 0.05) is 12.5 Å². The number of carbonyl (C=O) groups excluding carboxylic acids is 1. The molecule has 0 saturated carbocycles. The van der Waals surface area contributed by atoms with Gasteiger partial charge < -0.3 is 9.88 Å². The number of para-hydroxylation sites is 1. The van der Waals surface area contributed by atoms with Crippen molar-refractivity contribution in [1.29, 1.82) is 0 Å². The fourth-order valence-electron chi connectivity index (χ4n) is 2.01. The molecule has 2 aromatic rings. The molecule has 2 rings (SSSR count). The van der Waals surface area contributed by atoms with Crippen LogP contribution in [0.15, 0.2) is 29.4 Å². The van der Waals surface area contributed by atoms with Crippen LogP contribution in [0.1, 0.15) is 32.5 Å². The Balaban J connectivity index is 1.98. The summed E-state index contributed by atoms with van der Waals surface area (Å²) in [7, 11) is 0. The highest BCUT2D eigenvalue weighted by atomic mass is 35.5. The van der Waals surface area contributed by atoms with Crippen LogP contribution in [-0.4, -0.2) is 26.4 Å². The molecule has 0 spiro atoms. The number of halogens is 1. The molecule has 118 valence electrons. The second kappa shape index (κ2) is 7.65. The summed E-state index contributed by atoms with van der Waals surface area (Å²) in [4.78, 5) is 12.0. The standard InChI is InChI=1S/C15H19ClN4OS/c1-4-20-14(10(2)3)18-19-15(20)22-9-13(21)17-12-8-6-5-7-11(12)16/h5-8,10H,4,9H2,1-3H3,(H,17,21). The van der Waals surface area contributed by atoms with E-state index in [1.807, 2.05) is 23.6 Å². The third-order valence-corrected chi connectivity index (χ3v) is 4.35. The SMILES string of the molecule is CCn1c(SCC(=O)Nc2ccccc2Cl)nnc1C(C)C. The number of anilines is 1. The minimum absolute atomic E-state index is 0.116. The average molecular weight is 339 g/mol. The molecule has 1 N–H and O–H groups in total. The van der Waals surface area contributed by atoms with Crippen molar-refractivity contribution in [1.82, 2.24) is 14.8 Å². The van der Waals surface area contributed by atoms with Crippen molar-refractivity contribution < 1.29 is 4.79 Å². The Hall–Kier alpha value is -1.53. The largest absolute Gasteiger partial charge is 0.324 e. The predicted octanol–water partition coefficient (Wildman–Crippen LogP) is 3.81. The van der Waals surface area contributed by atoms with Crippen molar-refractivity contribution in [2.75, 3.05) is 11.1 Å². The minimum atomic E-state index is -0.116. The van der Waals surface area contributed by atoms with Crippen molar-refractivity contribution in [3.63, 3.8) is 0 Å². The van der Waals surface area contributed by atoms with Crippen molar-refractivity contribution in [3.05, 3.63) is 35.1 Å². The maximum absolute atomic E-state index is 12.0. The fraction of sp³-hybridized carbons (Fsp3) is 0.400. The second-order valence-corrected chi connectivity index (χ2v) is 6.41. The number of rotatable bonds is 6. The molecule has 0 fully saturated rings. The number of thioether (sulfide) groups is 1. The van der Waals surface area contributed by atoms with Crippen LogP contribution in [0.25, 0.3) is 0 Å². The Morgan fingerprint density at radius 2 is 2.09 bits per heavy atom. The summed E-state index contributed by atoms with van der Waals surface area (Å²) in [6.07, 6.45) is 0. The Labute approximate surface area is 139 Å². The third kappa shape index (κ3) is 4.01. The Morgan fingerprint density at radius 1 is 1.36 bits per heavy atom. The van der Waals surface area contributed by atoms with Crippen LogP contribution in [-0.2, 0) is 11.3 Å². The minimum Gasteiger partial charge on any atom is -0.324 e. The molecule has 0 saturated heterocycles. The van der Waals surface area contributed by atoms with Crippen LogP contribution in [0, 0.1) is 0 Å². The smallest absolute Gasteiger partial charge is 0.234 e. The molecule has 1 amide bonds. The van der Waals surface area contributed by atoms with Gasteiger partial charge in [0.15, 0.2) is 5.16 Å². The highest BCUT2D eigenvalue weighted by Crippen LogP contribution is 2.23. The zero-order chi connectivity index (χ0) is 16.1. The van der Waals surface area contributed by atoms with Crippen LogP contribution in [0.2, 0.25) is 5.02 Å². The fourth-order valence-corrected chi connectivity index (χ4v) is 3.00. The zero-order valence-electron chi connectivity index (χ0n) is 12.8. The van der Waals surface area contributed by atoms with E-state index in [4.69, 9.17) is 11.6 Å². The molecule has 22 heavy (non-hydrogen) atoms. The van der Waals surface area contributed by atoms with E-state index in [1.54, 1.807) is 12.1 Å². The quantitative estimate of drug-likeness (QED) is 0.814. The van der Waals surface area contributed by atoms with Gasteiger partial charge in [-0.3, -0.25) is 4.79 Å². The van der Waals surface area contributed by atoms with Gasteiger partial charge in [0.2, 0.25) is 5.91 Å². The average Bonchev–Trinajstić information content (AvgIpc) is 2.90. The first-order valence-electron chi connectivity index (χ1n) is 7.13. The van der Waals surface area contributed by atoms with Crippen LogP contribution < -0.4 is 5.32 Å². The number of nitrogens with zero attached hydrogens (tertiary/aromatic N) is 3. The summed E-state index contributed by atoms with van der Waals surface area (Å²) in [5, 5.41) is 12.5. The van der Waals surface area contributed by atoms with E-state index in [1.165, 1.54) is 11.8 Å². The lowest BCUT2D eigenvalue weighted by Gasteiger charge is -2.09. The van der Waals surface area contributed by atoms with Gasteiger partial charge in [-0.1, -0.05) is 49.3 Å². The molecule has 1 aromatic heterocycles. The molecule has 0 radical (unpaired) electrons. The van der Waals surface area contributed by atoms with Gasteiger partial charge in [-0.05, 0) is 19.1 Å². The van der Waals surface area contributed by atoms with Crippen LogP contribution in [0.5, 0.6) is 0 Å². The maximum atomic E-state index is 12.0. The molecule has 0 aliphatic rings. The van der Waals surface area contributed by atoms with Gasteiger partial charge in [-0.15, -0.1) is 10.2 Å². The molecule has 0 unspecified atom stereocenters. The van der Waals surface area contributed by atoms with E-state index in [0.29, 0.717) is 16.6 Å². The first kappa shape index (κ1) is 16.8. The molecule has 5 nitrogen and oxygen atoms in total. The lowest BCUT2D eigenvalue weighted by atomic mass is 10.2. The predicted molar refractivity (Wildman–Crippen MR) is 90.6 cm³/mol. The topological polar surface area (TPSA) is 59.8 Å². The molecule has 1 aromatic carbocycles. The number of hydrogen-bond donors (Lipinski definition) is 1. The zero-order valence-corrected chi connectivity index (χ0v) is 14.4. The molecule has 0 aliphatic carbocycles. The lowest BCUT2D eigenvalue weighted by Crippen LogP contribution is -2.15. The molecule has 0 aliphatic heterocycles. The van der Waals surface area contributed by atoms with Crippen molar-refractivity contribution >= 4 is 35.0 Å². The number of nitrogens with one attached hydrogen (secondary N) is 1. The van der Waals surface area contributed by atoms with E-state index in [0.717, 1.165) is 17.5 Å². The van der Waals surface area contributed by atoms with Gasteiger partial charge in [0.25, 0.3) is 0 Å². The summed E-state index contributed by atoms with van der Waals surface area (Å²) < 4.78 is 2.04. The second-order valence-electron chi connectivity index (χ2n) is 5.06. The number of benzene rings is 1. The van der Waals surface area contributed by atoms with Gasteiger partial charge in [0.05, 0.1) is 16.5 Å². The first-order valence-corrected chi connectivity index (χ1v) is 8.49.